The number of benzene rings is 2. The van der Waals surface area contributed by atoms with Crippen LogP contribution in [0.5, 0.6) is 5.75 Å². The zero-order valence-corrected chi connectivity index (χ0v) is 19.9. The summed E-state index contributed by atoms with van der Waals surface area (Å²) in [7, 11) is 0. The second kappa shape index (κ2) is 10.7. The first-order valence-corrected chi connectivity index (χ1v) is 12.0. The van der Waals surface area contributed by atoms with Gasteiger partial charge in [-0.25, -0.2) is 4.79 Å². The van der Waals surface area contributed by atoms with Crippen molar-refractivity contribution in [1.82, 2.24) is 5.32 Å². The molecule has 0 radical (unpaired) electrons. The molecule has 3 rings (SSSR count). The lowest BCUT2D eigenvalue weighted by molar-refractivity contribution is 0.144. The van der Waals surface area contributed by atoms with Crippen molar-refractivity contribution in [3.05, 3.63) is 63.1 Å². The summed E-state index contributed by atoms with van der Waals surface area (Å²) >= 11 is 14.6. The van der Waals surface area contributed by atoms with Crippen molar-refractivity contribution in [2.75, 3.05) is 17.6 Å². The molecule has 1 amide bonds. The molecule has 0 aliphatic heterocycles. The molecular weight excluding hydrogens is 524 g/mol. The van der Waals surface area contributed by atoms with E-state index in [1.165, 1.54) is 11.1 Å². The maximum atomic E-state index is 12.1. The molecule has 29 heavy (non-hydrogen) atoms. The van der Waals surface area contributed by atoms with E-state index in [9.17, 15) is 4.79 Å². The predicted molar refractivity (Wildman–Crippen MR) is 126 cm³/mol. The summed E-state index contributed by atoms with van der Waals surface area (Å²) in [6.45, 7) is 2.82. The number of hydrogen-bond donors (Lipinski definition) is 1. The molecule has 2 aromatic rings. The van der Waals surface area contributed by atoms with Crippen LogP contribution in [0, 0.1) is 0 Å². The minimum atomic E-state index is -0.377. The van der Waals surface area contributed by atoms with Gasteiger partial charge in [0, 0.05) is 16.4 Å². The second-order valence-corrected chi connectivity index (χ2v) is 8.86. The third-order valence-electron chi connectivity index (χ3n) is 5.09. The number of halogens is 3. The van der Waals surface area contributed by atoms with Crippen LogP contribution in [-0.4, -0.2) is 29.8 Å². The Balaban J connectivity index is 1.92. The van der Waals surface area contributed by atoms with Crippen molar-refractivity contribution in [2.45, 2.75) is 38.1 Å². The fourth-order valence-electron chi connectivity index (χ4n) is 3.79. The quantitative estimate of drug-likeness (QED) is 0.332. The van der Waals surface area contributed by atoms with Crippen LogP contribution in [0.15, 0.2) is 36.4 Å². The third kappa shape index (κ3) is 5.92. The molecule has 0 saturated carbocycles. The van der Waals surface area contributed by atoms with Crippen molar-refractivity contribution in [3.8, 4) is 5.75 Å². The molecular formula is C22H24Cl2INO3. The molecule has 0 spiro atoms. The molecule has 0 fully saturated rings. The topological polar surface area (TPSA) is 47.6 Å². The number of alkyl carbamates (subject to hydrolysis) is 1. The highest BCUT2D eigenvalue weighted by Gasteiger charge is 2.31. The standard InChI is InChI=1S/C22H24Cl2INO3/c1-2-28-22(27)26-21-8-5-15-4-6-16(29-10-9-25)13-17(15)18(21)11-14-3-7-19(23)20(24)12-14/h3-4,6-7,12-13,18,21H,2,5,8-11H2,1H3,(H,26,27). The first-order valence-electron chi connectivity index (χ1n) is 9.70. The first kappa shape index (κ1) is 22.5. The number of fused-ring (bicyclic) bond motifs is 1. The van der Waals surface area contributed by atoms with Crippen molar-refractivity contribution in [3.63, 3.8) is 0 Å². The van der Waals surface area contributed by atoms with Gasteiger partial charge in [0.15, 0.2) is 0 Å². The van der Waals surface area contributed by atoms with Gasteiger partial charge in [-0.05, 0) is 67.1 Å². The molecule has 2 aromatic carbocycles. The van der Waals surface area contributed by atoms with E-state index >= 15 is 0 Å². The maximum absolute atomic E-state index is 12.1. The molecule has 0 bridgehead atoms. The van der Waals surface area contributed by atoms with Crippen molar-refractivity contribution in [2.24, 2.45) is 0 Å². The normalized spacial score (nSPS) is 18.1. The summed E-state index contributed by atoms with van der Waals surface area (Å²) in [5.41, 5.74) is 3.57. The first-order chi connectivity index (χ1) is 14.0. The Labute approximate surface area is 195 Å². The van der Waals surface area contributed by atoms with Crippen LogP contribution in [0.25, 0.3) is 0 Å². The number of aryl methyl sites for hydroxylation is 1. The van der Waals surface area contributed by atoms with Gasteiger partial charge in [0.05, 0.1) is 23.3 Å². The molecule has 1 aliphatic rings. The Hall–Kier alpha value is -1.18. The Bertz CT molecular complexity index is 862. The molecule has 156 valence electrons. The van der Waals surface area contributed by atoms with E-state index in [-0.39, 0.29) is 18.1 Å². The van der Waals surface area contributed by atoms with Crippen LogP contribution < -0.4 is 10.1 Å². The van der Waals surface area contributed by atoms with Crippen molar-refractivity contribution >= 4 is 51.9 Å². The molecule has 0 heterocycles. The summed E-state index contributed by atoms with van der Waals surface area (Å²) in [5.74, 6) is 0.944. The van der Waals surface area contributed by atoms with Crippen LogP contribution in [0.3, 0.4) is 0 Å². The number of alkyl halides is 1. The number of amides is 1. The lowest BCUT2D eigenvalue weighted by Gasteiger charge is -2.34. The summed E-state index contributed by atoms with van der Waals surface area (Å²) < 4.78 is 11.9. The number of carbonyl (C=O) groups is 1. The van der Waals surface area contributed by atoms with Crippen molar-refractivity contribution in [1.29, 1.82) is 0 Å². The lowest BCUT2D eigenvalue weighted by Crippen LogP contribution is -2.43. The summed E-state index contributed by atoms with van der Waals surface area (Å²) in [6, 6.07) is 12.0. The molecule has 2 unspecified atom stereocenters. The van der Waals surface area contributed by atoms with Gasteiger partial charge >= 0.3 is 6.09 Å². The largest absolute Gasteiger partial charge is 0.493 e. The maximum Gasteiger partial charge on any atom is 0.407 e. The van der Waals surface area contributed by atoms with Gasteiger partial charge in [0.1, 0.15) is 5.75 Å². The molecule has 2 atom stereocenters. The van der Waals surface area contributed by atoms with Crippen LogP contribution in [-0.2, 0) is 17.6 Å². The molecule has 7 heteroatoms. The van der Waals surface area contributed by atoms with Crippen LogP contribution in [0.1, 0.15) is 36.0 Å². The number of rotatable bonds is 7. The van der Waals surface area contributed by atoms with Gasteiger partial charge in [0.2, 0.25) is 0 Å². The van der Waals surface area contributed by atoms with Gasteiger partial charge in [-0.2, -0.15) is 0 Å². The van der Waals surface area contributed by atoms with E-state index < -0.39 is 0 Å². The van der Waals surface area contributed by atoms with Crippen LogP contribution in [0.2, 0.25) is 10.0 Å². The fourth-order valence-corrected chi connectivity index (χ4v) is 4.33. The van der Waals surface area contributed by atoms with Gasteiger partial charge in [-0.15, -0.1) is 0 Å². The monoisotopic (exact) mass is 547 g/mol. The van der Waals surface area contributed by atoms with E-state index in [0.29, 0.717) is 23.3 Å². The minimum absolute atomic E-state index is 0.0316. The highest BCUT2D eigenvalue weighted by molar-refractivity contribution is 14.1. The third-order valence-corrected chi connectivity index (χ3v) is 6.27. The Morgan fingerprint density at radius 2 is 2.03 bits per heavy atom. The number of hydrogen-bond acceptors (Lipinski definition) is 3. The SMILES string of the molecule is CCOC(=O)NC1CCc2ccc(OCCI)cc2C1Cc1ccc(Cl)c(Cl)c1. The molecule has 0 aromatic heterocycles. The summed E-state index contributed by atoms with van der Waals surface area (Å²) in [5, 5.41) is 4.13. The van der Waals surface area contributed by atoms with Crippen LogP contribution in [0.4, 0.5) is 4.79 Å². The highest BCUT2D eigenvalue weighted by atomic mass is 127. The number of carbonyl (C=O) groups excluding carboxylic acids is 1. The van der Waals surface area contributed by atoms with E-state index in [1.807, 2.05) is 24.3 Å². The molecule has 4 nitrogen and oxygen atoms in total. The van der Waals surface area contributed by atoms with Crippen molar-refractivity contribution < 1.29 is 14.3 Å². The van der Waals surface area contributed by atoms with Gasteiger partial charge in [0.25, 0.3) is 0 Å². The van der Waals surface area contributed by atoms with E-state index in [4.69, 9.17) is 32.7 Å². The average molecular weight is 548 g/mol. The predicted octanol–water partition coefficient (Wildman–Crippen LogP) is 6.19. The average Bonchev–Trinajstić information content (AvgIpc) is 2.71. The highest BCUT2D eigenvalue weighted by Crippen LogP contribution is 2.37. The van der Waals surface area contributed by atoms with Crippen LogP contribution >= 0.6 is 45.8 Å². The number of ether oxygens (including phenoxy) is 2. The molecule has 1 aliphatic carbocycles. The second-order valence-electron chi connectivity index (χ2n) is 6.97. The zero-order chi connectivity index (χ0) is 20.8. The van der Waals surface area contributed by atoms with Gasteiger partial charge in [-0.3, -0.25) is 0 Å². The van der Waals surface area contributed by atoms with Gasteiger partial charge in [-0.1, -0.05) is 57.9 Å². The Morgan fingerprint density at radius 1 is 1.21 bits per heavy atom. The summed E-state index contributed by atoms with van der Waals surface area (Å²) in [6.07, 6.45) is 2.11. The summed E-state index contributed by atoms with van der Waals surface area (Å²) in [4.78, 5) is 12.1. The smallest absolute Gasteiger partial charge is 0.407 e. The Kier molecular flexibility index (Phi) is 8.33. The van der Waals surface area contributed by atoms with E-state index in [1.54, 1.807) is 6.92 Å². The molecule has 0 saturated heterocycles. The molecule has 1 N–H and O–H groups in total. The number of nitrogens with one attached hydrogen (secondary N) is 1. The zero-order valence-electron chi connectivity index (χ0n) is 16.2. The minimum Gasteiger partial charge on any atom is -0.493 e. The fraction of sp³-hybridized carbons (Fsp3) is 0.409. The van der Waals surface area contributed by atoms with Gasteiger partial charge < -0.3 is 14.8 Å². The lowest BCUT2D eigenvalue weighted by atomic mass is 9.76. The van der Waals surface area contributed by atoms with E-state index in [0.717, 1.165) is 35.0 Å². The van der Waals surface area contributed by atoms with E-state index in [2.05, 4.69) is 40.0 Å². The Morgan fingerprint density at radius 3 is 2.76 bits per heavy atom.